The highest BCUT2D eigenvalue weighted by Gasteiger charge is 2.26. The van der Waals surface area contributed by atoms with Gasteiger partial charge in [0, 0.05) is 17.9 Å². The highest BCUT2D eigenvalue weighted by Crippen LogP contribution is 2.46. The molecule has 1 heterocycles. The van der Waals surface area contributed by atoms with Crippen LogP contribution in [0.4, 0.5) is 16.2 Å². The topological polar surface area (TPSA) is 116 Å². The third-order valence-electron chi connectivity index (χ3n) is 6.20. The predicted octanol–water partition coefficient (Wildman–Crippen LogP) is 6.85. The molecule has 0 atom stereocenters. The number of hydrogen-bond acceptors (Lipinski definition) is 5. The van der Waals surface area contributed by atoms with Crippen molar-refractivity contribution in [1.29, 1.82) is 0 Å². The van der Waals surface area contributed by atoms with Crippen molar-refractivity contribution < 1.29 is 29.3 Å². The second-order valence-corrected chi connectivity index (χ2v) is 10.3. The summed E-state index contributed by atoms with van der Waals surface area (Å²) in [4.78, 5) is 38.1. The molecule has 1 saturated carbocycles. The third-order valence-corrected chi connectivity index (χ3v) is 7.88. The monoisotopic (exact) mass is 542 g/mol. The molecule has 0 radical (unpaired) electrons. The molecule has 2 aromatic carbocycles. The SMILES string of the molecule is O=C(O)COc1c(C(=O)O)sc(-c2cccc(N(CC3CCCCC3)C(=O)Nc3ccccc3)c2)c1Cl. The van der Waals surface area contributed by atoms with E-state index in [4.69, 9.17) is 21.4 Å². The Hall–Kier alpha value is -3.56. The number of aromatic carboxylic acids is 1. The van der Waals surface area contributed by atoms with Crippen LogP contribution in [-0.4, -0.2) is 41.3 Å². The van der Waals surface area contributed by atoms with Gasteiger partial charge in [0.1, 0.15) is 5.02 Å². The Morgan fingerprint density at radius 1 is 1.03 bits per heavy atom. The first-order valence-electron chi connectivity index (χ1n) is 12.0. The van der Waals surface area contributed by atoms with Gasteiger partial charge in [0.05, 0.1) is 4.88 Å². The van der Waals surface area contributed by atoms with Gasteiger partial charge < -0.3 is 20.3 Å². The minimum atomic E-state index is -1.27. The first-order valence-corrected chi connectivity index (χ1v) is 13.2. The van der Waals surface area contributed by atoms with E-state index in [0.29, 0.717) is 34.3 Å². The zero-order valence-corrected chi connectivity index (χ0v) is 21.6. The lowest BCUT2D eigenvalue weighted by atomic mass is 9.89. The molecular weight excluding hydrogens is 516 g/mol. The van der Waals surface area contributed by atoms with E-state index in [1.165, 1.54) is 6.42 Å². The van der Waals surface area contributed by atoms with Crippen LogP contribution in [0.2, 0.25) is 5.02 Å². The molecule has 1 fully saturated rings. The van der Waals surface area contributed by atoms with Gasteiger partial charge in [-0.3, -0.25) is 4.90 Å². The number of para-hydroxylation sites is 1. The number of amides is 2. The highest BCUT2D eigenvalue weighted by atomic mass is 35.5. The summed E-state index contributed by atoms with van der Waals surface area (Å²) in [5, 5.41) is 21.6. The maximum Gasteiger partial charge on any atom is 0.349 e. The quantitative estimate of drug-likeness (QED) is 0.272. The van der Waals surface area contributed by atoms with Crippen LogP contribution in [0.25, 0.3) is 10.4 Å². The molecule has 1 aliphatic rings. The van der Waals surface area contributed by atoms with E-state index in [-0.39, 0.29) is 21.7 Å². The van der Waals surface area contributed by atoms with Gasteiger partial charge in [0.25, 0.3) is 0 Å². The number of carbonyl (C=O) groups is 3. The van der Waals surface area contributed by atoms with E-state index in [1.54, 1.807) is 23.1 Å². The van der Waals surface area contributed by atoms with Crippen molar-refractivity contribution >= 4 is 52.3 Å². The highest BCUT2D eigenvalue weighted by molar-refractivity contribution is 7.18. The molecule has 0 saturated heterocycles. The second-order valence-electron chi connectivity index (χ2n) is 8.85. The number of nitrogens with zero attached hydrogens (tertiary/aromatic N) is 1. The average Bonchev–Trinajstić information content (AvgIpc) is 3.23. The molecule has 1 aliphatic carbocycles. The van der Waals surface area contributed by atoms with Gasteiger partial charge in [0.2, 0.25) is 0 Å². The molecule has 10 heteroatoms. The van der Waals surface area contributed by atoms with Crippen LogP contribution in [0, 0.1) is 5.92 Å². The fourth-order valence-electron chi connectivity index (χ4n) is 4.45. The molecule has 37 heavy (non-hydrogen) atoms. The molecular formula is C27H27ClN2O6S. The third kappa shape index (κ3) is 6.61. The fraction of sp³-hybridized carbons (Fsp3) is 0.296. The second kappa shape index (κ2) is 12.1. The molecule has 194 valence electrons. The van der Waals surface area contributed by atoms with Gasteiger partial charge >= 0.3 is 18.0 Å². The minimum Gasteiger partial charge on any atom is -0.479 e. The summed E-state index contributed by atoms with van der Waals surface area (Å²) in [5.74, 6) is -2.32. The van der Waals surface area contributed by atoms with E-state index in [0.717, 1.165) is 37.0 Å². The minimum absolute atomic E-state index is 0.0216. The number of benzene rings is 2. The summed E-state index contributed by atoms with van der Waals surface area (Å²) in [6, 6.07) is 16.1. The van der Waals surface area contributed by atoms with Crippen LogP contribution in [0.5, 0.6) is 5.75 Å². The van der Waals surface area contributed by atoms with Gasteiger partial charge in [-0.15, -0.1) is 11.3 Å². The number of nitrogens with one attached hydrogen (secondary N) is 1. The van der Waals surface area contributed by atoms with Crippen LogP contribution in [0.1, 0.15) is 41.8 Å². The van der Waals surface area contributed by atoms with Crippen molar-refractivity contribution in [3.8, 4) is 16.2 Å². The van der Waals surface area contributed by atoms with E-state index in [9.17, 15) is 19.5 Å². The van der Waals surface area contributed by atoms with Crippen molar-refractivity contribution in [3.05, 3.63) is 64.5 Å². The number of halogens is 1. The molecule has 8 nitrogen and oxygen atoms in total. The molecule has 2 amide bonds. The molecule has 1 aromatic heterocycles. The molecule has 0 bridgehead atoms. The van der Waals surface area contributed by atoms with Crippen LogP contribution in [0.3, 0.4) is 0 Å². The van der Waals surface area contributed by atoms with Gasteiger partial charge in [-0.05, 0) is 48.6 Å². The van der Waals surface area contributed by atoms with Gasteiger partial charge in [-0.25, -0.2) is 14.4 Å². The Bertz CT molecular complexity index is 1270. The van der Waals surface area contributed by atoms with Crippen LogP contribution < -0.4 is 15.0 Å². The number of ether oxygens (including phenoxy) is 1. The summed E-state index contributed by atoms with van der Waals surface area (Å²) in [7, 11) is 0. The fourth-order valence-corrected chi connectivity index (χ4v) is 5.85. The molecule has 4 rings (SSSR count). The van der Waals surface area contributed by atoms with Crippen molar-refractivity contribution in [2.24, 2.45) is 5.92 Å². The van der Waals surface area contributed by atoms with E-state index >= 15 is 0 Å². The standard InChI is InChI=1S/C27H27ClN2O6S/c28-22-23(36-16-21(31)32)25(26(33)34)37-24(22)18-10-7-13-20(14-18)30(15-17-8-3-1-4-9-17)27(35)29-19-11-5-2-6-12-19/h2,5-7,10-14,17H,1,3-4,8-9,15-16H2,(H,29,35)(H,31,32)(H,33,34). The predicted molar refractivity (Wildman–Crippen MR) is 144 cm³/mol. The van der Waals surface area contributed by atoms with E-state index in [2.05, 4.69) is 5.32 Å². The summed E-state index contributed by atoms with van der Waals surface area (Å²) in [6.07, 6.45) is 5.59. The van der Waals surface area contributed by atoms with Crippen molar-refractivity contribution in [1.82, 2.24) is 0 Å². The van der Waals surface area contributed by atoms with Gasteiger partial charge in [-0.2, -0.15) is 0 Å². The Morgan fingerprint density at radius 2 is 1.76 bits per heavy atom. The van der Waals surface area contributed by atoms with Crippen molar-refractivity contribution in [2.45, 2.75) is 32.1 Å². The summed E-state index contributed by atoms with van der Waals surface area (Å²) in [6.45, 7) is -0.168. The lowest BCUT2D eigenvalue weighted by Crippen LogP contribution is -2.39. The number of aliphatic carboxylic acids is 1. The number of carbonyl (C=O) groups excluding carboxylic acids is 1. The normalized spacial score (nSPS) is 13.6. The number of thiophene rings is 1. The molecule has 0 unspecified atom stereocenters. The van der Waals surface area contributed by atoms with E-state index < -0.39 is 18.5 Å². The average molecular weight is 543 g/mol. The van der Waals surface area contributed by atoms with Crippen molar-refractivity contribution in [3.63, 3.8) is 0 Å². The number of anilines is 2. The zero-order chi connectivity index (χ0) is 26.4. The number of carboxylic acid groups (broad SMARTS) is 2. The smallest absolute Gasteiger partial charge is 0.349 e. The molecule has 3 aromatic rings. The summed E-state index contributed by atoms with van der Waals surface area (Å²) >= 11 is 7.38. The lowest BCUT2D eigenvalue weighted by molar-refractivity contribution is -0.139. The Morgan fingerprint density at radius 3 is 2.43 bits per heavy atom. The maximum absolute atomic E-state index is 13.4. The van der Waals surface area contributed by atoms with Gasteiger partial charge in [-0.1, -0.05) is 61.2 Å². The van der Waals surface area contributed by atoms with Crippen LogP contribution in [0.15, 0.2) is 54.6 Å². The number of hydrogen-bond donors (Lipinski definition) is 3. The molecule has 3 N–H and O–H groups in total. The Kier molecular flexibility index (Phi) is 8.68. The Labute approximate surface area is 223 Å². The first kappa shape index (κ1) is 26.5. The molecule has 0 spiro atoms. The number of carboxylic acids is 2. The van der Waals surface area contributed by atoms with Gasteiger partial charge in [0.15, 0.2) is 17.2 Å². The maximum atomic E-state index is 13.4. The van der Waals surface area contributed by atoms with Crippen LogP contribution >= 0.6 is 22.9 Å². The first-order chi connectivity index (χ1) is 17.8. The largest absolute Gasteiger partial charge is 0.479 e. The summed E-state index contributed by atoms with van der Waals surface area (Å²) in [5.41, 5.74) is 1.93. The summed E-state index contributed by atoms with van der Waals surface area (Å²) < 4.78 is 5.20. The zero-order valence-electron chi connectivity index (χ0n) is 20.0. The van der Waals surface area contributed by atoms with Crippen molar-refractivity contribution in [2.75, 3.05) is 23.4 Å². The lowest BCUT2D eigenvalue weighted by Gasteiger charge is -2.30. The number of rotatable bonds is 9. The molecule has 0 aliphatic heterocycles. The van der Waals surface area contributed by atoms with E-state index in [1.807, 2.05) is 36.4 Å². The number of urea groups is 1. The Balaban J connectivity index is 1.68. The van der Waals surface area contributed by atoms with Crippen LogP contribution in [-0.2, 0) is 4.79 Å².